The van der Waals surface area contributed by atoms with Crippen LogP contribution in [-0.4, -0.2) is 38.1 Å². The van der Waals surface area contributed by atoms with Crippen molar-refractivity contribution in [3.63, 3.8) is 0 Å². The van der Waals surface area contributed by atoms with E-state index in [1.54, 1.807) is 0 Å². The summed E-state index contributed by atoms with van der Waals surface area (Å²) in [5, 5.41) is 0. The first-order valence-electron chi connectivity index (χ1n) is 13.8. The molecule has 5 rings (SSSR count). The first kappa shape index (κ1) is 25.1. The Balaban J connectivity index is 1.18. The average molecular weight is 489 g/mol. The Morgan fingerprint density at radius 1 is 0.889 bits per heavy atom. The molecule has 1 aliphatic carbocycles. The zero-order valence-corrected chi connectivity index (χ0v) is 21.8. The molecule has 0 spiro atoms. The lowest BCUT2D eigenvalue weighted by Gasteiger charge is -2.23. The zero-order valence-electron chi connectivity index (χ0n) is 21.8. The maximum absolute atomic E-state index is 6.53. The summed E-state index contributed by atoms with van der Waals surface area (Å²) in [5.41, 5.74) is 5.25. The van der Waals surface area contributed by atoms with E-state index in [1.807, 2.05) is 0 Å². The van der Waals surface area contributed by atoms with Crippen LogP contribution < -0.4 is 9.47 Å². The van der Waals surface area contributed by atoms with E-state index in [2.05, 4.69) is 74.5 Å². The molecule has 2 aliphatic heterocycles. The van der Waals surface area contributed by atoms with Gasteiger partial charge in [-0.25, -0.2) is 0 Å². The summed E-state index contributed by atoms with van der Waals surface area (Å²) in [6.45, 7) is 6.86. The molecule has 2 aromatic rings. The van der Waals surface area contributed by atoms with Crippen molar-refractivity contribution in [2.45, 2.75) is 77.1 Å². The quantitative estimate of drug-likeness (QED) is 0.259. The molecule has 192 valence electrons. The number of rotatable bonds is 14. The number of allylic oxidation sites excluding steroid dienone is 4. The SMILES string of the molecule is CCCCC(CC)CC(Oc1cccc(C2=CCC(c3ccc(OCC4CO4)cc3)=CC2)c1)C1CO1. The van der Waals surface area contributed by atoms with Crippen LogP contribution in [0.5, 0.6) is 11.5 Å². The molecule has 3 aliphatic rings. The fraction of sp³-hybridized carbons (Fsp3) is 0.500. The van der Waals surface area contributed by atoms with E-state index in [0.717, 1.165) is 44.0 Å². The van der Waals surface area contributed by atoms with Crippen LogP contribution in [0.25, 0.3) is 11.1 Å². The molecular formula is C32H40O4. The van der Waals surface area contributed by atoms with Crippen LogP contribution in [0.4, 0.5) is 0 Å². The largest absolute Gasteiger partial charge is 0.491 e. The number of epoxide rings is 2. The smallest absolute Gasteiger partial charge is 0.127 e. The number of ether oxygens (including phenoxy) is 4. The second-order valence-electron chi connectivity index (χ2n) is 10.4. The van der Waals surface area contributed by atoms with Gasteiger partial charge in [0.25, 0.3) is 0 Å². The third-order valence-corrected chi connectivity index (χ3v) is 7.58. The molecule has 2 aromatic carbocycles. The zero-order chi connectivity index (χ0) is 24.7. The minimum absolute atomic E-state index is 0.151. The van der Waals surface area contributed by atoms with Gasteiger partial charge in [0, 0.05) is 0 Å². The number of benzene rings is 2. The predicted molar refractivity (Wildman–Crippen MR) is 145 cm³/mol. The van der Waals surface area contributed by atoms with Crippen LogP contribution in [0.3, 0.4) is 0 Å². The Labute approximate surface area is 216 Å². The molecule has 4 unspecified atom stereocenters. The fourth-order valence-electron chi connectivity index (χ4n) is 5.02. The lowest BCUT2D eigenvalue weighted by atomic mass is 9.90. The van der Waals surface area contributed by atoms with E-state index in [-0.39, 0.29) is 18.3 Å². The van der Waals surface area contributed by atoms with Crippen molar-refractivity contribution >= 4 is 11.1 Å². The highest BCUT2D eigenvalue weighted by atomic mass is 16.6. The highest BCUT2D eigenvalue weighted by Crippen LogP contribution is 2.34. The summed E-state index contributed by atoms with van der Waals surface area (Å²) < 4.78 is 23.2. The van der Waals surface area contributed by atoms with Gasteiger partial charge in [0.2, 0.25) is 0 Å². The Kier molecular flexibility index (Phi) is 8.45. The Bertz CT molecular complexity index is 1050. The van der Waals surface area contributed by atoms with E-state index >= 15 is 0 Å². The minimum Gasteiger partial charge on any atom is -0.491 e. The van der Waals surface area contributed by atoms with E-state index in [4.69, 9.17) is 18.9 Å². The van der Waals surface area contributed by atoms with E-state index in [9.17, 15) is 0 Å². The van der Waals surface area contributed by atoms with Gasteiger partial charge >= 0.3 is 0 Å². The third kappa shape index (κ3) is 7.02. The van der Waals surface area contributed by atoms with Gasteiger partial charge in [0.05, 0.1) is 13.2 Å². The molecule has 2 saturated heterocycles. The van der Waals surface area contributed by atoms with Crippen LogP contribution >= 0.6 is 0 Å². The van der Waals surface area contributed by atoms with E-state index in [0.29, 0.717) is 12.5 Å². The predicted octanol–water partition coefficient (Wildman–Crippen LogP) is 7.48. The molecule has 4 heteroatoms. The Morgan fingerprint density at radius 3 is 2.28 bits per heavy atom. The normalized spacial score (nSPS) is 22.3. The Morgan fingerprint density at radius 2 is 1.64 bits per heavy atom. The third-order valence-electron chi connectivity index (χ3n) is 7.58. The van der Waals surface area contributed by atoms with Crippen molar-refractivity contribution in [2.24, 2.45) is 5.92 Å². The first-order valence-corrected chi connectivity index (χ1v) is 13.8. The van der Waals surface area contributed by atoms with Gasteiger partial charge in [-0.2, -0.15) is 0 Å². The van der Waals surface area contributed by atoms with Gasteiger partial charge in [0.1, 0.15) is 36.4 Å². The maximum atomic E-state index is 6.53. The monoisotopic (exact) mass is 488 g/mol. The second-order valence-corrected chi connectivity index (χ2v) is 10.4. The van der Waals surface area contributed by atoms with Crippen molar-refractivity contribution in [2.75, 3.05) is 19.8 Å². The molecule has 0 amide bonds. The fourth-order valence-corrected chi connectivity index (χ4v) is 5.02. The van der Waals surface area contributed by atoms with Crippen LogP contribution in [-0.2, 0) is 9.47 Å². The highest BCUT2D eigenvalue weighted by molar-refractivity contribution is 5.78. The first-order chi connectivity index (χ1) is 17.7. The molecule has 2 fully saturated rings. The summed E-state index contributed by atoms with van der Waals surface area (Å²) in [7, 11) is 0. The van der Waals surface area contributed by atoms with Gasteiger partial charge in [-0.3, -0.25) is 0 Å². The number of hydrogen-bond acceptors (Lipinski definition) is 4. The number of unbranched alkanes of at least 4 members (excludes halogenated alkanes) is 1. The van der Waals surface area contributed by atoms with E-state index < -0.39 is 0 Å². The molecule has 0 aromatic heterocycles. The number of hydrogen-bond donors (Lipinski definition) is 0. The van der Waals surface area contributed by atoms with Crippen LogP contribution in [0.2, 0.25) is 0 Å². The molecule has 0 bridgehead atoms. The lowest BCUT2D eigenvalue weighted by molar-refractivity contribution is 0.127. The molecular weight excluding hydrogens is 448 g/mol. The standard InChI is InChI=1S/C32H40O4/c1-3-5-7-23(4-2)18-31(32-22-35-32)36-29-9-6-8-27(19-29)26-12-10-24(11-13-26)25-14-16-28(17-15-25)33-20-30-21-34-30/h6,8-10,13-17,19,23,30-32H,3-5,7,11-12,18,20-22H2,1-2H3. The second kappa shape index (κ2) is 12.1. The summed E-state index contributed by atoms with van der Waals surface area (Å²) in [6.07, 6.45) is 13.4. The molecule has 0 radical (unpaired) electrons. The van der Waals surface area contributed by atoms with Crippen LogP contribution in [0.15, 0.2) is 60.7 Å². The summed E-state index contributed by atoms with van der Waals surface area (Å²) in [4.78, 5) is 0. The lowest BCUT2D eigenvalue weighted by Crippen LogP contribution is -2.26. The van der Waals surface area contributed by atoms with Gasteiger partial charge in [0.15, 0.2) is 0 Å². The van der Waals surface area contributed by atoms with Gasteiger partial charge in [-0.1, -0.05) is 75.9 Å². The Hall–Kier alpha value is -2.56. The minimum atomic E-state index is 0.151. The maximum Gasteiger partial charge on any atom is 0.127 e. The van der Waals surface area contributed by atoms with Crippen LogP contribution in [0, 0.1) is 5.92 Å². The molecule has 0 N–H and O–H groups in total. The van der Waals surface area contributed by atoms with Crippen molar-refractivity contribution in [3.8, 4) is 11.5 Å². The van der Waals surface area contributed by atoms with Gasteiger partial charge in [-0.15, -0.1) is 0 Å². The van der Waals surface area contributed by atoms with Crippen molar-refractivity contribution in [1.29, 1.82) is 0 Å². The average Bonchev–Trinajstić information content (AvgIpc) is 3.84. The topological polar surface area (TPSA) is 43.5 Å². The molecule has 4 atom stereocenters. The van der Waals surface area contributed by atoms with Crippen molar-refractivity contribution in [3.05, 3.63) is 71.8 Å². The molecule has 4 nitrogen and oxygen atoms in total. The van der Waals surface area contributed by atoms with E-state index in [1.165, 1.54) is 48.0 Å². The van der Waals surface area contributed by atoms with Crippen LogP contribution in [0.1, 0.15) is 69.9 Å². The summed E-state index contributed by atoms with van der Waals surface area (Å²) >= 11 is 0. The highest BCUT2D eigenvalue weighted by Gasteiger charge is 2.36. The van der Waals surface area contributed by atoms with Gasteiger partial charge < -0.3 is 18.9 Å². The van der Waals surface area contributed by atoms with Gasteiger partial charge in [-0.05, 0) is 71.7 Å². The van der Waals surface area contributed by atoms with Crippen molar-refractivity contribution < 1.29 is 18.9 Å². The van der Waals surface area contributed by atoms with Crippen molar-refractivity contribution in [1.82, 2.24) is 0 Å². The molecule has 0 saturated carbocycles. The molecule has 2 heterocycles. The summed E-state index contributed by atoms with van der Waals surface area (Å²) in [6, 6.07) is 17.1. The molecule has 36 heavy (non-hydrogen) atoms. The summed E-state index contributed by atoms with van der Waals surface area (Å²) in [5.74, 6) is 2.57.